The second kappa shape index (κ2) is 3.54. The van der Waals surface area contributed by atoms with Crippen LogP contribution in [0.4, 0.5) is 4.39 Å². The van der Waals surface area contributed by atoms with Gasteiger partial charge in [-0.1, -0.05) is 20.8 Å². The zero-order chi connectivity index (χ0) is 11.9. The van der Waals surface area contributed by atoms with Gasteiger partial charge < -0.3 is 0 Å². The molecule has 0 aromatic carbocycles. The molecule has 0 spiro atoms. The van der Waals surface area contributed by atoms with Gasteiger partial charge in [-0.15, -0.1) is 0 Å². The first kappa shape index (κ1) is 12.1. The van der Waals surface area contributed by atoms with Crippen LogP contribution in [0, 0.1) is 6.92 Å². The molecule has 0 radical (unpaired) electrons. The van der Waals surface area contributed by atoms with Gasteiger partial charge in [-0.25, -0.2) is 14.4 Å². The van der Waals surface area contributed by atoms with Crippen molar-refractivity contribution in [3.8, 4) is 0 Å². The number of rotatable bonds is 1. The lowest BCUT2D eigenvalue weighted by atomic mass is 9.94. The molecule has 0 atom stereocenters. The minimum atomic E-state index is -1.41. The number of alkyl halides is 1. The van der Waals surface area contributed by atoms with Crippen LogP contribution in [0.15, 0.2) is 6.20 Å². The van der Waals surface area contributed by atoms with Crippen molar-refractivity contribution in [2.45, 2.75) is 52.6 Å². The van der Waals surface area contributed by atoms with E-state index >= 15 is 0 Å². The van der Waals surface area contributed by atoms with Crippen LogP contribution < -0.4 is 0 Å². The van der Waals surface area contributed by atoms with E-state index in [1.54, 1.807) is 6.20 Å². The fourth-order valence-electron chi connectivity index (χ4n) is 1.41. The van der Waals surface area contributed by atoms with Gasteiger partial charge in [0.25, 0.3) is 0 Å². The van der Waals surface area contributed by atoms with Crippen molar-refractivity contribution in [2.24, 2.45) is 0 Å². The maximum Gasteiger partial charge on any atom is 0.147 e. The molecule has 1 rings (SSSR count). The second-order valence-electron chi connectivity index (χ2n) is 5.45. The summed E-state index contributed by atoms with van der Waals surface area (Å²) in [6, 6.07) is 0. The van der Waals surface area contributed by atoms with Crippen LogP contribution in [0.25, 0.3) is 0 Å². The standard InChI is InChI=1S/C12H19FN2/c1-8-7-14-10(11(2,3)4)15-9(8)12(5,6)13/h7H,1-6H3. The van der Waals surface area contributed by atoms with Crippen LogP contribution in [0.3, 0.4) is 0 Å². The van der Waals surface area contributed by atoms with Gasteiger partial charge in [0.2, 0.25) is 0 Å². The summed E-state index contributed by atoms with van der Waals surface area (Å²) in [6.07, 6.45) is 1.70. The number of nitrogens with zero attached hydrogens (tertiary/aromatic N) is 2. The summed E-state index contributed by atoms with van der Waals surface area (Å²) in [5.74, 6) is 0.689. The molecule has 0 saturated heterocycles. The molecule has 0 amide bonds. The second-order valence-corrected chi connectivity index (χ2v) is 5.45. The van der Waals surface area contributed by atoms with Crippen molar-refractivity contribution in [2.75, 3.05) is 0 Å². The Kier molecular flexibility index (Phi) is 2.85. The van der Waals surface area contributed by atoms with Gasteiger partial charge in [0, 0.05) is 11.6 Å². The minimum absolute atomic E-state index is 0.145. The largest absolute Gasteiger partial charge is 0.241 e. The summed E-state index contributed by atoms with van der Waals surface area (Å²) in [6.45, 7) is 10.9. The van der Waals surface area contributed by atoms with Crippen LogP contribution in [-0.4, -0.2) is 9.97 Å². The van der Waals surface area contributed by atoms with Gasteiger partial charge in [0.15, 0.2) is 0 Å². The van der Waals surface area contributed by atoms with Crippen LogP contribution in [-0.2, 0) is 11.1 Å². The fraction of sp³-hybridized carbons (Fsp3) is 0.667. The number of aromatic nitrogens is 2. The van der Waals surface area contributed by atoms with E-state index in [2.05, 4.69) is 9.97 Å². The maximum atomic E-state index is 13.9. The predicted molar refractivity (Wildman–Crippen MR) is 59.6 cm³/mol. The van der Waals surface area contributed by atoms with Crippen LogP contribution in [0.2, 0.25) is 0 Å². The van der Waals surface area contributed by atoms with Crippen molar-refractivity contribution in [1.29, 1.82) is 0 Å². The molecule has 0 fully saturated rings. The third-order valence-electron chi connectivity index (χ3n) is 2.21. The Labute approximate surface area is 91.0 Å². The monoisotopic (exact) mass is 210 g/mol. The van der Waals surface area contributed by atoms with Crippen molar-refractivity contribution in [3.63, 3.8) is 0 Å². The Bertz CT molecular complexity index is 359. The van der Waals surface area contributed by atoms with E-state index in [1.165, 1.54) is 13.8 Å². The highest BCUT2D eigenvalue weighted by Gasteiger charge is 2.26. The Morgan fingerprint density at radius 2 is 1.67 bits per heavy atom. The molecular formula is C12H19FN2. The van der Waals surface area contributed by atoms with E-state index in [-0.39, 0.29) is 5.41 Å². The first-order valence-electron chi connectivity index (χ1n) is 5.16. The molecule has 84 valence electrons. The minimum Gasteiger partial charge on any atom is -0.241 e. The van der Waals surface area contributed by atoms with Crippen LogP contribution >= 0.6 is 0 Å². The molecule has 0 unspecified atom stereocenters. The molecule has 2 nitrogen and oxygen atoms in total. The van der Waals surface area contributed by atoms with Crippen molar-refractivity contribution < 1.29 is 4.39 Å². The Hall–Kier alpha value is -0.990. The average Bonchev–Trinajstić information content (AvgIpc) is 2.00. The van der Waals surface area contributed by atoms with E-state index < -0.39 is 5.67 Å². The molecule has 1 heterocycles. The summed E-state index contributed by atoms with van der Waals surface area (Å²) in [5.41, 5.74) is -0.265. The van der Waals surface area contributed by atoms with Gasteiger partial charge in [0.1, 0.15) is 11.5 Å². The fourth-order valence-corrected chi connectivity index (χ4v) is 1.41. The first-order chi connectivity index (χ1) is 6.62. The molecule has 0 aliphatic rings. The Balaban J connectivity index is 3.30. The molecule has 0 saturated carbocycles. The highest BCUT2D eigenvalue weighted by Crippen LogP contribution is 2.27. The summed E-state index contributed by atoms with van der Waals surface area (Å²) >= 11 is 0. The van der Waals surface area contributed by atoms with Gasteiger partial charge in [0.05, 0.1) is 5.69 Å². The smallest absolute Gasteiger partial charge is 0.147 e. The highest BCUT2D eigenvalue weighted by molar-refractivity contribution is 5.22. The summed E-state index contributed by atoms with van der Waals surface area (Å²) < 4.78 is 13.9. The third kappa shape index (κ3) is 2.74. The molecule has 0 aliphatic carbocycles. The Morgan fingerprint density at radius 1 is 1.13 bits per heavy atom. The van der Waals surface area contributed by atoms with Gasteiger partial charge in [-0.2, -0.15) is 0 Å². The van der Waals surface area contributed by atoms with Crippen molar-refractivity contribution >= 4 is 0 Å². The van der Waals surface area contributed by atoms with E-state index in [1.807, 2.05) is 27.7 Å². The first-order valence-corrected chi connectivity index (χ1v) is 5.16. The van der Waals surface area contributed by atoms with Crippen molar-refractivity contribution in [1.82, 2.24) is 9.97 Å². The summed E-state index contributed by atoms with van der Waals surface area (Å²) in [4.78, 5) is 8.57. The molecule has 0 bridgehead atoms. The number of hydrogen-bond donors (Lipinski definition) is 0. The van der Waals surface area contributed by atoms with E-state index in [0.717, 1.165) is 5.56 Å². The molecule has 1 aromatic heterocycles. The predicted octanol–water partition coefficient (Wildman–Crippen LogP) is 3.29. The van der Waals surface area contributed by atoms with Crippen molar-refractivity contribution in [3.05, 3.63) is 23.3 Å². The molecular weight excluding hydrogens is 191 g/mol. The molecule has 15 heavy (non-hydrogen) atoms. The average molecular weight is 210 g/mol. The topological polar surface area (TPSA) is 25.8 Å². The zero-order valence-electron chi connectivity index (χ0n) is 10.3. The summed E-state index contributed by atoms with van der Waals surface area (Å²) in [5, 5.41) is 0. The van der Waals surface area contributed by atoms with Crippen LogP contribution in [0.5, 0.6) is 0 Å². The van der Waals surface area contributed by atoms with Gasteiger partial charge in [-0.05, 0) is 26.3 Å². The number of hydrogen-bond acceptors (Lipinski definition) is 2. The molecule has 3 heteroatoms. The van der Waals surface area contributed by atoms with Gasteiger partial charge >= 0.3 is 0 Å². The zero-order valence-corrected chi connectivity index (χ0v) is 10.3. The quantitative estimate of drug-likeness (QED) is 0.710. The van der Waals surface area contributed by atoms with E-state index in [0.29, 0.717) is 11.5 Å². The number of halogens is 1. The lowest BCUT2D eigenvalue weighted by molar-refractivity contribution is 0.211. The van der Waals surface area contributed by atoms with Crippen LogP contribution in [0.1, 0.15) is 51.7 Å². The summed E-state index contributed by atoms with van der Waals surface area (Å²) in [7, 11) is 0. The van der Waals surface area contributed by atoms with E-state index in [4.69, 9.17) is 0 Å². The number of aryl methyl sites for hydroxylation is 1. The van der Waals surface area contributed by atoms with E-state index in [9.17, 15) is 4.39 Å². The van der Waals surface area contributed by atoms with Gasteiger partial charge in [-0.3, -0.25) is 0 Å². The lowest BCUT2D eigenvalue weighted by Crippen LogP contribution is -2.21. The lowest BCUT2D eigenvalue weighted by Gasteiger charge is -2.21. The SMILES string of the molecule is Cc1cnc(C(C)(C)C)nc1C(C)(C)F. The molecule has 1 aromatic rings. The Morgan fingerprint density at radius 3 is 2.07 bits per heavy atom. The third-order valence-corrected chi connectivity index (χ3v) is 2.21. The highest BCUT2D eigenvalue weighted by atomic mass is 19.1. The maximum absolute atomic E-state index is 13.9. The molecule has 0 aliphatic heterocycles. The normalized spacial score (nSPS) is 13.0. The molecule has 0 N–H and O–H groups in total.